The summed E-state index contributed by atoms with van der Waals surface area (Å²) in [4.78, 5) is 60.9. The van der Waals surface area contributed by atoms with E-state index in [0.717, 1.165) is 11.1 Å². The average Bonchev–Trinajstić information content (AvgIpc) is 3.47. The van der Waals surface area contributed by atoms with Crippen LogP contribution in [-0.2, 0) is 31.1 Å². The minimum Gasteiger partial charge on any atom is -0.507 e. The summed E-state index contributed by atoms with van der Waals surface area (Å²) in [5.41, 5.74) is 2.41. The standard InChI is InChI=1S/C40H33ClN2O5/c1-23-10-8-17-30(35(23)44)34-28-18-19-29-33(38(47)42(36(29)45)22-24-11-4-2-5-12-24)31(28)21-32-37(46)43(27-16-9-15-26(41)20-27)39(48)40(32,34)25-13-6-3-7-14-25/h2-18,20,29,31-34,44H,19,21-22H2,1H3/t29-,31+,32-,33-,34+,40+/m0/s1. The van der Waals surface area contributed by atoms with Crippen molar-refractivity contribution in [1.29, 1.82) is 0 Å². The van der Waals surface area contributed by atoms with Crippen LogP contribution in [0.25, 0.3) is 0 Å². The maximum absolute atomic E-state index is 15.3. The zero-order valence-electron chi connectivity index (χ0n) is 26.3. The molecule has 8 heteroatoms. The van der Waals surface area contributed by atoms with Crippen molar-refractivity contribution >= 4 is 40.9 Å². The summed E-state index contributed by atoms with van der Waals surface area (Å²) in [6, 6.07) is 30.9. The number of likely N-dealkylation sites (tertiary alicyclic amines) is 1. The van der Waals surface area contributed by atoms with E-state index in [4.69, 9.17) is 11.6 Å². The number of imide groups is 2. The van der Waals surface area contributed by atoms with Crippen molar-refractivity contribution in [2.75, 3.05) is 4.90 Å². The molecule has 48 heavy (non-hydrogen) atoms. The fraction of sp³-hybridized carbons (Fsp3) is 0.250. The number of carbonyl (C=O) groups excluding carboxylic acids is 4. The molecule has 0 aromatic heterocycles. The normalized spacial score (nSPS) is 27.9. The van der Waals surface area contributed by atoms with E-state index in [-0.39, 0.29) is 36.4 Å². The van der Waals surface area contributed by atoms with Gasteiger partial charge in [-0.3, -0.25) is 24.1 Å². The third-order valence-corrected chi connectivity index (χ3v) is 11.3. The van der Waals surface area contributed by atoms with E-state index in [9.17, 15) is 19.5 Å². The molecule has 1 N–H and O–H groups in total. The van der Waals surface area contributed by atoms with Crippen molar-refractivity contribution in [2.24, 2.45) is 23.7 Å². The third kappa shape index (κ3) is 4.26. The van der Waals surface area contributed by atoms with Gasteiger partial charge in [-0.1, -0.05) is 108 Å². The van der Waals surface area contributed by atoms with Gasteiger partial charge in [-0.2, -0.15) is 0 Å². The molecule has 3 fully saturated rings. The van der Waals surface area contributed by atoms with E-state index in [1.165, 1.54) is 9.80 Å². The Morgan fingerprint density at radius 1 is 0.812 bits per heavy atom. The maximum Gasteiger partial charge on any atom is 0.246 e. The zero-order valence-corrected chi connectivity index (χ0v) is 27.0. The number of nitrogens with zero attached hydrogens (tertiary/aromatic N) is 2. The molecule has 2 heterocycles. The van der Waals surface area contributed by atoms with Gasteiger partial charge in [-0.15, -0.1) is 0 Å². The van der Waals surface area contributed by atoms with E-state index in [0.29, 0.717) is 33.8 Å². The van der Waals surface area contributed by atoms with E-state index in [1.807, 2.05) is 78.9 Å². The topological polar surface area (TPSA) is 95.0 Å². The van der Waals surface area contributed by atoms with Crippen LogP contribution >= 0.6 is 11.6 Å². The van der Waals surface area contributed by atoms with Crippen LogP contribution in [0.4, 0.5) is 5.69 Å². The summed E-state index contributed by atoms with van der Waals surface area (Å²) < 4.78 is 0. The highest BCUT2D eigenvalue weighted by atomic mass is 35.5. The molecule has 1 saturated carbocycles. The number of hydrogen-bond acceptors (Lipinski definition) is 5. The Hall–Kier alpha value is -5.01. The van der Waals surface area contributed by atoms with Crippen LogP contribution < -0.4 is 4.90 Å². The van der Waals surface area contributed by atoms with E-state index < -0.39 is 40.9 Å². The summed E-state index contributed by atoms with van der Waals surface area (Å²) >= 11 is 6.38. The second kappa shape index (κ2) is 11.3. The molecule has 0 unspecified atom stereocenters. The quantitative estimate of drug-likeness (QED) is 0.190. The van der Waals surface area contributed by atoms with Crippen LogP contribution in [-0.4, -0.2) is 33.6 Å². The fourth-order valence-corrected chi connectivity index (χ4v) is 9.17. The van der Waals surface area contributed by atoms with E-state index in [1.54, 1.807) is 37.3 Å². The van der Waals surface area contributed by atoms with E-state index >= 15 is 4.79 Å². The van der Waals surface area contributed by atoms with Gasteiger partial charge < -0.3 is 5.11 Å². The summed E-state index contributed by atoms with van der Waals surface area (Å²) in [5, 5.41) is 12.1. The highest BCUT2D eigenvalue weighted by Crippen LogP contribution is 2.65. The van der Waals surface area contributed by atoms with Gasteiger partial charge in [-0.05, 0) is 60.6 Å². The number of carbonyl (C=O) groups is 4. The SMILES string of the molecule is Cc1cccc([C@H]2C3=CC[C@@H]4C(=O)N(Cc5ccccc5)C(=O)[C@@H]4[C@@H]3C[C@H]3C(=O)N(c4cccc(Cl)c4)C(=O)[C@@]23c2ccccc2)c1O. The molecule has 4 aromatic carbocycles. The number of para-hydroxylation sites is 1. The number of phenolic OH excluding ortho intramolecular Hbond substituents is 1. The van der Waals surface area contributed by atoms with E-state index in [2.05, 4.69) is 0 Å². The lowest BCUT2D eigenvalue weighted by Crippen LogP contribution is -2.53. The third-order valence-electron chi connectivity index (χ3n) is 11.0. The molecule has 0 radical (unpaired) electrons. The fourth-order valence-electron chi connectivity index (χ4n) is 8.99. The van der Waals surface area contributed by atoms with Crippen LogP contribution in [0.3, 0.4) is 0 Å². The van der Waals surface area contributed by atoms with Crippen molar-refractivity contribution in [3.05, 3.63) is 142 Å². The lowest BCUT2D eigenvalue weighted by Gasteiger charge is -2.50. The highest BCUT2D eigenvalue weighted by molar-refractivity contribution is 6.32. The zero-order chi connectivity index (χ0) is 33.3. The molecular weight excluding hydrogens is 624 g/mol. The molecule has 4 aliphatic rings. The Morgan fingerprint density at radius 2 is 1.52 bits per heavy atom. The predicted octanol–water partition coefficient (Wildman–Crippen LogP) is 6.72. The molecule has 0 bridgehead atoms. The monoisotopic (exact) mass is 656 g/mol. The van der Waals surface area contributed by atoms with Gasteiger partial charge in [0.25, 0.3) is 0 Å². The van der Waals surface area contributed by atoms with Crippen LogP contribution in [0.5, 0.6) is 5.75 Å². The van der Waals surface area contributed by atoms with Crippen LogP contribution in [0, 0.1) is 30.6 Å². The molecule has 8 rings (SSSR count). The molecule has 240 valence electrons. The number of benzene rings is 4. The highest BCUT2D eigenvalue weighted by Gasteiger charge is 2.70. The smallest absolute Gasteiger partial charge is 0.246 e. The van der Waals surface area contributed by atoms with Crippen molar-refractivity contribution < 1.29 is 24.3 Å². The first-order valence-corrected chi connectivity index (χ1v) is 16.7. The number of fused-ring (bicyclic) bond motifs is 4. The Labute approximate surface area is 283 Å². The molecule has 7 nitrogen and oxygen atoms in total. The molecule has 2 aliphatic carbocycles. The van der Waals surface area contributed by atoms with Crippen molar-refractivity contribution in [1.82, 2.24) is 4.90 Å². The first-order chi connectivity index (χ1) is 23.2. The van der Waals surface area contributed by atoms with Gasteiger partial charge in [-0.25, -0.2) is 4.90 Å². The molecular formula is C40H33ClN2O5. The summed E-state index contributed by atoms with van der Waals surface area (Å²) in [6.45, 7) is 1.98. The van der Waals surface area contributed by atoms with Crippen molar-refractivity contribution in [3.63, 3.8) is 0 Å². The van der Waals surface area contributed by atoms with Gasteiger partial charge in [0.2, 0.25) is 23.6 Å². The molecule has 4 amide bonds. The van der Waals surface area contributed by atoms with Gasteiger partial charge in [0.05, 0.1) is 35.4 Å². The summed E-state index contributed by atoms with van der Waals surface area (Å²) in [5.74, 6) is -4.64. The molecule has 0 spiro atoms. The Morgan fingerprint density at radius 3 is 2.25 bits per heavy atom. The number of hydrogen-bond donors (Lipinski definition) is 1. The van der Waals surface area contributed by atoms with Crippen LogP contribution in [0.1, 0.15) is 41.0 Å². The number of aryl methyl sites for hydroxylation is 1. The molecule has 4 aromatic rings. The molecule has 2 aliphatic heterocycles. The van der Waals surface area contributed by atoms with Crippen LogP contribution in [0.2, 0.25) is 5.02 Å². The number of amides is 4. The number of anilines is 1. The van der Waals surface area contributed by atoms with Crippen molar-refractivity contribution in [3.8, 4) is 5.75 Å². The summed E-state index contributed by atoms with van der Waals surface area (Å²) in [7, 11) is 0. The second-order valence-corrected chi connectivity index (χ2v) is 13.8. The minimum atomic E-state index is -1.43. The number of phenols is 1. The first kappa shape index (κ1) is 30.3. The lowest BCUT2D eigenvalue weighted by molar-refractivity contribution is -0.141. The van der Waals surface area contributed by atoms with Crippen LogP contribution in [0.15, 0.2) is 115 Å². The number of allylic oxidation sites excluding steroid dienone is 2. The number of aromatic hydroxyl groups is 1. The number of halogens is 1. The largest absolute Gasteiger partial charge is 0.507 e. The molecule has 6 atom stereocenters. The first-order valence-electron chi connectivity index (χ1n) is 16.3. The average molecular weight is 657 g/mol. The Balaban J connectivity index is 1.34. The van der Waals surface area contributed by atoms with Gasteiger partial charge in [0.15, 0.2) is 0 Å². The van der Waals surface area contributed by atoms with Gasteiger partial charge in [0.1, 0.15) is 5.75 Å². The summed E-state index contributed by atoms with van der Waals surface area (Å²) in [6.07, 6.45) is 2.53. The minimum absolute atomic E-state index is 0.0428. The van der Waals surface area contributed by atoms with Crippen molar-refractivity contribution in [2.45, 2.75) is 37.6 Å². The lowest BCUT2D eigenvalue weighted by atomic mass is 9.49. The predicted molar refractivity (Wildman–Crippen MR) is 181 cm³/mol. The second-order valence-electron chi connectivity index (χ2n) is 13.4. The van der Waals surface area contributed by atoms with Gasteiger partial charge >= 0.3 is 0 Å². The Bertz CT molecular complexity index is 2030. The Kier molecular flexibility index (Phi) is 7.15. The molecule has 2 saturated heterocycles. The number of rotatable bonds is 5. The van der Waals surface area contributed by atoms with Gasteiger partial charge in [0, 0.05) is 16.5 Å². The maximum atomic E-state index is 15.3.